The molecule has 0 radical (unpaired) electrons. The number of nitrogens with one attached hydrogen (secondary N) is 3. The number of H-pyrrole nitrogens is 1. The fraction of sp³-hybridized carbons (Fsp3) is 0.556. The smallest absolute Gasteiger partial charge is 0.0518 e. The van der Waals surface area contributed by atoms with Crippen molar-refractivity contribution in [3.05, 3.63) is 18.5 Å². The van der Waals surface area contributed by atoms with Crippen LogP contribution in [0.5, 0.6) is 0 Å². The predicted molar refractivity (Wildman–Crippen MR) is 52.4 cm³/mol. The Hall–Kier alpha value is -0.960. The Morgan fingerprint density at radius 3 is 2.75 bits per heavy atom. The van der Waals surface area contributed by atoms with E-state index in [1.807, 2.05) is 25.5 Å². The highest BCUT2D eigenvalue weighted by Gasteiger charge is 2.13. The summed E-state index contributed by atoms with van der Waals surface area (Å²) in [6.45, 7) is 5.24. The minimum absolute atomic E-state index is 0.136. The Kier molecular flexibility index (Phi) is 2.76. The summed E-state index contributed by atoms with van der Waals surface area (Å²) in [5, 5.41) is 6.55. The van der Waals surface area contributed by atoms with Gasteiger partial charge in [-0.1, -0.05) is 0 Å². The van der Waals surface area contributed by atoms with Gasteiger partial charge in [-0.05, 0) is 27.0 Å². The molecule has 3 nitrogen and oxygen atoms in total. The predicted octanol–water partition coefficient (Wildman–Crippen LogP) is 1.42. The first-order chi connectivity index (χ1) is 5.64. The number of hydrogen-bond donors (Lipinski definition) is 3. The molecule has 0 bridgehead atoms. The van der Waals surface area contributed by atoms with Crippen molar-refractivity contribution in [2.75, 3.05) is 18.9 Å². The highest BCUT2D eigenvalue weighted by atomic mass is 15.0. The second-order valence-corrected chi connectivity index (χ2v) is 3.59. The first-order valence-electron chi connectivity index (χ1n) is 4.20. The van der Waals surface area contributed by atoms with Crippen LogP contribution in [0.4, 0.5) is 5.69 Å². The van der Waals surface area contributed by atoms with Gasteiger partial charge in [0, 0.05) is 24.5 Å². The van der Waals surface area contributed by atoms with Gasteiger partial charge in [0.25, 0.3) is 0 Å². The first-order valence-corrected chi connectivity index (χ1v) is 4.20. The van der Waals surface area contributed by atoms with Crippen LogP contribution in [0.3, 0.4) is 0 Å². The van der Waals surface area contributed by atoms with Gasteiger partial charge in [-0.25, -0.2) is 0 Å². The van der Waals surface area contributed by atoms with Crippen molar-refractivity contribution in [3.8, 4) is 0 Å². The number of likely N-dealkylation sites (N-methyl/N-ethyl adjacent to an activating group) is 1. The highest BCUT2D eigenvalue weighted by Crippen LogP contribution is 2.07. The lowest BCUT2D eigenvalue weighted by Gasteiger charge is -2.24. The van der Waals surface area contributed by atoms with Gasteiger partial charge in [-0.15, -0.1) is 0 Å². The molecule has 1 aromatic heterocycles. The molecule has 0 aliphatic heterocycles. The molecule has 1 heterocycles. The number of aromatic amines is 1. The molecule has 3 N–H and O–H groups in total. The average molecular weight is 167 g/mol. The molecule has 0 unspecified atom stereocenters. The molecule has 0 amide bonds. The Labute approximate surface area is 73.6 Å². The first kappa shape index (κ1) is 9.13. The highest BCUT2D eigenvalue weighted by molar-refractivity contribution is 5.40. The molecule has 0 atom stereocenters. The number of hydrogen-bond acceptors (Lipinski definition) is 2. The van der Waals surface area contributed by atoms with Crippen molar-refractivity contribution in [2.45, 2.75) is 19.4 Å². The van der Waals surface area contributed by atoms with Crippen molar-refractivity contribution in [1.29, 1.82) is 0 Å². The van der Waals surface area contributed by atoms with Crippen LogP contribution >= 0.6 is 0 Å². The SMILES string of the molecule is CNC(C)(C)CNc1cc[nH]c1. The summed E-state index contributed by atoms with van der Waals surface area (Å²) in [6, 6.07) is 2.02. The zero-order valence-corrected chi connectivity index (χ0v) is 7.94. The zero-order valence-electron chi connectivity index (χ0n) is 7.94. The Morgan fingerprint density at radius 1 is 1.50 bits per heavy atom. The van der Waals surface area contributed by atoms with E-state index in [1.165, 1.54) is 0 Å². The average Bonchev–Trinajstić information content (AvgIpc) is 2.53. The molecule has 0 aromatic carbocycles. The summed E-state index contributed by atoms with van der Waals surface area (Å²) < 4.78 is 0. The lowest BCUT2D eigenvalue weighted by Crippen LogP contribution is -2.42. The van der Waals surface area contributed by atoms with Crippen molar-refractivity contribution in [1.82, 2.24) is 10.3 Å². The van der Waals surface area contributed by atoms with Gasteiger partial charge >= 0.3 is 0 Å². The number of aromatic nitrogens is 1. The molecular formula is C9H17N3. The molecule has 0 saturated carbocycles. The van der Waals surface area contributed by atoms with E-state index in [-0.39, 0.29) is 5.54 Å². The van der Waals surface area contributed by atoms with Crippen molar-refractivity contribution in [3.63, 3.8) is 0 Å². The van der Waals surface area contributed by atoms with Crippen LogP contribution in [0.25, 0.3) is 0 Å². The monoisotopic (exact) mass is 167 g/mol. The summed E-state index contributed by atoms with van der Waals surface area (Å²) in [7, 11) is 1.97. The lowest BCUT2D eigenvalue weighted by molar-refractivity contribution is 0.448. The van der Waals surface area contributed by atoms with Gasteiger partial charge in [-0.3, -0.25) is 0 Å². The van der Waals surface area contributed by atoms with Gasteiger partial charge in [0.05, 0.1) is 5.69 Å². The Morgan fingerprint density at radius 2 is 2.25 bits per heavy atom. The van der Waals surface area contributed by atoms with Gasteiger partial charge in [-0.2, -0.15) is 0 Å². The fourth-order valence-electron chi connectivity index (χ4n) is 0.845. The Balaban J connectivity index is 2.36. The van der Waals surface area contributed by atoms with Crippen LogP contribution in [0.2, 0.25) is 0 Å². The third-order valence-electron chi connectivity index (χ3n) is 2.01. The van der Waals surface area contributed by atoms with E-state index in [9.17, 15) is 0 Å². The molecule has 0 aliphatic rings. The maximum Gasteiger partial charge on any atom is 0.0518 e. The summed E-state index contributed by atoms with van der Waals surface area (Å²) >= 11 is 0. The lowest BCUT2D eigenvalue weighted by atomic mass is 10.1. The maximum atomic E-state index is 3.32. The van der Waals surface area contributed by atoms with E-state index in [0.717, 1.165) is 12.2 Å². The summed E-state index contributed by atoms with van der Waals surface area (Å²) in [6.07, 6.45) is 3.86. The quantitative estimate of drug-likeness (QED) is 0.634. The van der Waals surface area contributed by atoms with Crippen LogP contribution < -0.4 is 10.6 Å². The van der Waals surface area contributed by atoms with Crippen LogP contribution in [-0.2, 0) is 0 Å². The second kappa shape index (κ2) is 3.63. The molecule has 3 heteroatoms. The molecule has 0 spiro atoms. The molecule has 12 heavy (non-hydrogen) atoms. The minimum Gasteiger partial charge on any atom is -0.382 e. The summed E-state index contributed by atoms with van der Waals surface area (Å²) in [5.74, 6) is 0. The van der Waals surface area contributed by atoms with Crippen molar-refractivity contribution < 1.29 is 0 Å². The third-order valence-corrected chi connectivity index (χ3v) is 2.01. The van der Waals surface area contributed by atoms with E-state index < -0.39 is 0 Å². The molecule has 68 valence electrons. The fourth-order valence-corrected chi connectivity index (χ4v) is 0.845. The molecule has 0 saturated heterocycles. The number of rotatable bonds is 4. The standard InChI is InChI=1S/C9H17N3/c1-9(2,10-3)7-12-8-4-5-11-6-8/h4-6,10-12H,7H2,1-3H3. The van der Waals surface area contributed by atoms with Crippen molar-refractivity contribution in [2.24, 2.45) is 0 Å². The number of anilines is 1. The van der Waals surface area contributed by atoms with Crippen LogP contribution in [-0.4, -0.2) is 24.1 Å². The van der Waals surface area contributed by atoms with Crippen LogP contribution in [0, 0.1) is 0 Å². The molecular weight excluding hydrogens is 150 g/mol. The Bertz CT molecular complexity index is 214. The molecule has 0 aliphatic carbocycles. The summed E-state index contributed by atoms with van der Waals surface area (Å²) in [4.78, 5) is 3.00. The van der Waals surface area contributed by atoms with Gasteiger partial charge in [0.15, 0.2) is 0 Å². The second-order valence-electron chi connectivity index (χ2n) is 3.59. The third kappa shape index (κ3) is 2.58. The normalized spacial score (nSPS) is 11.6. The molecule has 1 rings (SSSR count). The van der Waals surface area contributed by atoms with Gasteiger partial charge in [0.1, 0.15) is 0 Å². The van der Waals surface area contributed by atoms with E-state index in [0.29, 0.717) is 0 Å². The van der Waals surface area contributed by atoms with Gasteiger partial charge in [0.2, 0.25) is 0 Å². The van der Waals surface area contributed by atoms with E-state index in [2.05, 4.69) is 29.5 Å². The van der Waals surface area contributed by atoms with Crippen LogP contribution in [0.1, 0.15) is 13.8 Å². The van der Waals surface area contributed by atoms with Gasteiger partial charge < -0.3 is 15.6 Å². The van der Waals surface area contributed by atoms with Crippen molar-refractivity contribution >= 4 is 5.69 Å². The molecule has 1 aromatic rings. The van der Waals surface area contributed by atoms with E-state index >= 15 is 0 Å². The topological polar surface area (TPSA) is 39.8 Å². The van der Waals surface area contributed by atoms with E-state index in [1.54, 1.807) is 0 Å². The van der Waals surface area contributed by atoms with Crippen LogP contribution in [0.15, 0.2) is 18.5 Å². The maximum absolute atomic E-state index is 3.32. The minimum atomic E-state index is 0.136. The van der Waals surface area contributed by atoms with E-state index in [4.69, 9.17) is 0 Å². The summed E-state index contributed by atoms with van der Waals surface area (Å²) in [5.41, 5.74) is 1.27. The molecule has 0 fully saturated rings. The largest absolute Gasteiger partial charge is 0.382 e. The zero-order chi connectivity index (χ0) is 9.03.